The normalized spacial score (nSPS) is 24.1. The summed E-state index contributed by atoms with van der Waals surface area (Å²) in [6.07, 6.45) is 4.28. The van der Waals surface area contributed by atoms with Crippen LogP contribution in [0.1, 0.15) is 31.2 Å². The van der Waals surface area contributed by atoms with Gasteiger partial charge in [0.15, 0.2) is 0 Å². The van der Waals surface area contributed by atoms with Gasteiger partial charge in [0, 0.05) is 19.5 Å². The Morgan fingerprint density at radius 1 is 1.33 bits per heavy atom. The van der Waals surface area contributed by atoms with E-state index in [-0.39, 0.29) is 5.91 Å². The Bertz CT molecular complexity index is 395. The van der Waals surface area contributed by atoms with E-state index in [2.05, 4.69) is 27.0 Å². The minimum atomic E-state index is 0.237. The monoisotopic (exact) mass is 264 g/mol. The number of piperidine rings is 2. The maximum absolute atomic E-state index is 11.2. The van der Waals surface area contributed by atoms with Gasteiger partial charge in [-0.2, -0.15) is 11.3 Å². The zero-order chi connectivity index (χ0) is 12.4. The molecule has 18 heavy (non-hydrogen) atoms. The number of hydrogen-bond acceptors (Lipinski definition) is 3. The first-order valence-corrected chi connectivity index (χ1v) is 7.70. The van der Waals surface area contributed by atoms with Gasteiger partial charge in [-0.05, 0) is 60.2 Å². The highest BCUT2D eigenvalue weighted by atomic mass is 32.1. The molecule has 0 aliphatic carbocycles. The van der Waals surface area contributed by atoms with Crippen LogP contribution < -0.4 is 5.32 Å². The zero-order valence-corrected chi connectivity index (χ0v) is 11.5. The first kappa shape index (κ1) is 12.2. The van der Waals surface area contributed by atoms with Crippen LogP contribution in [0, 0.1) is 5.41 Å². The summed E-state index contributed by atoms with van der Waals surface area (Å²) in [6.45, 7) is 4.33. The SMILES string of the molecule is O=C1CCC2(CCN(Cc3ccsc3)CC2)CN1. The fourth-order valence-electron chi connectivity index (χ4n) is 3.09. The standard InChI is InChI=1S/C14H20N2OS/c17-13-1-3-14(11-15-13)4-6-16(7-5-14)9-12-2-8-18-10-12/h2,8,10H,1,3-7,9,11H2,(H,15,17). The summed E-state index contributed by atoms with van der Waals surface area (Å²) in [5.74, 6) is 0.237. The van der Waals surface area contributed by atoms with Crippen LogP contribution in [-0.2, 0) is 11.3 Å². The molecule has 3 heterocycles. The van der Waals surface area contributed by atoms with Crippen LogP contribution in [-0.4, -0.2) is 30.4 Å². The van der Waals surface area contributed by atoms with E-state index in [1.807, 2.05) is 0 Å². The summed E-state index contributed by atoms with van der Waals surface area (Å²) in [4.78, 5) is 13.8. The van der Waals surface area contributed by atoms with Gasteiger partial charge in [-0.25, -0.2) is 0 Å². The maximum Gasteiger partial charge on any atom is 0.220 e. The minimum absolute atomic E-state index is 0.237. The fourth-order valence-corrected chi connectivity index (χ4v) is 3.75. The van der Waals surface area contributed by atoms with E-state index in [4.69, 9.17) is 0 Å². The van der Waals surface area contributed by atoms with E-state index in [0.29, 0.717) is 5.41 Å². The smallest absolute Gasteiger partial charge is 0.220 e. The van der Waals surface area contributed by atoms with Gasteiger partial charge in [0.05, 0.1) is 0 Å². The van der Waals surface area contributed by atoms with Crippen LogP contribution in [0.25, 0.3) is 0 Å². The van der Waals surface area contributed by atoms with Crippen molar-refractivity contribution in [3.63, 3.8) is 0 Å². The zero-order valence-electron chi connectivity index (χ0n) is 10.7. The van der Waals surface area contributed by atoms with E-state index < -0.39 is 0 Å². The lowest BCUT2D eigenvalue weighted by Gasteiger charge is -2.44. The quantitative estimate of drug-likeness (QED) is 0.888. The lowest BCUT2D eigenvalue weighted by atomic mass is 9.73. The Kier molecular flexibility index (Phi) is 3.39. The van der Waals surface area contributed by atoms with Crippen LogP contribution in [0.4, 0.5) is 0 Å². The Morgan fingerprint density at radius 3 is 2.78 bits per heavy atom. The second-order valence-corrected chi connectivity index (χ2v) is 6.46. The number of nitrogens with one attached hydrogen (secondary N) is 1. The van der Waals surface area contributed by atoms with Gasteiger partial charge in [0.2, 0.25) is 5.91 Å². The van der Waals surface area contributed by atoms with Crippen molar-refractivity contribution in [3.8, 4) is 0 Å². The van der Waals surface area contributed by atoms with Crippen LogP contribution in [0.5, 0.6) is 0 Å². The average Bonchev–Trinajstić information content (AvgIpc) is 2.89. The molecule has 3 rings (SSSR count). The number of likely N-dealkylation sites (tertiary alicyclic amines) is 1. The van der Waals surface area contributed by atoms with Crippen molar-refractivity contribution in [2.45, 2.75) is 32.2 Å². The Labute approximate surface area is 112 Å². The molecule has 0 bridgehead atoms. The molecule has 1 aromatic rings. The lowest BCUT2D eigenvalue weighted by Crippen LogP contribution is -2.49. The van der Waals surface area contributed by atoms with Crippen molar-refractivity contribution < 1.29 is 4.79 Å². The first-order valence-electron chi connectivity index (χ1n) is 6.76. The minimum Gasteiger partial charge on any atom is -0.356 e. The number of thiophene rings is 1. The molecule has 3 nitrogen and oxygen atoms in total. The van der Waals surface area contributed by atoms with Gasteiger partial charge < -0.3 is 5.32 Å². The summed E-state index contributed by atoms with van der Waals surface area (Å²) in [5, 5.41) is 7.44. The molecule has 2 fully saturated rings. The lowest BCUT2D eigenvalue weighted by molar-refractivity contribution is -0.125. The van der Waals surface area contributed by atoms with Crippen LogP contribution in [0.15, 0.2) is 16.8 Å². The second kappa shape index (κ2) is 5.02. The third-order valence-corrected chi connectivity index (χ3v) is 5.18. The summed E-state index contributed by atoms with van der Waals surface area (Å²) >= 11 is 1.78. The van der Waals surface area contributed by atoms with E-state index in [1.165, 1.54) is 31.5 Å². The van der Waals surface area contributed by atoms with Gasteiger partial charge in [-0.3, -0.25) is 9.69 Å². The number of carbonyl (C=O) groups excluding carboxylic acids is 1. The van der Waals surface area contributed by atoms with Gasteiger partial charge in [-0.15, -0.1) is 0 Å². The van der Waals surface area contributed by atoms with Crippen molar-refractivity contribution in [2.24, 2.45) is 5.41 Å². The van der Waals surface area contributed by atoms with Crippen molar-refractivity contribution in [1.82, 2.24) is 10.2 Å². The van der Waals surface area contributed by atoms with E-state index in [0.717, 1.165) is 25.9 Å². The third kappa shape index (κ3) is 2.59. The van der Waals surface area contributed by atoms with Gasteiger partial charge >= 0.3 is 0 Å². The van der Waals surface area contributed by atoms with Crippen molar-refractivity contribution in [1.29, 1.82) is 0 Å². The first-order chi connectivity index (χ1) is 8.76. The van der Waals surface area contributed by atoms with Crippen LogP contribution in [0.3, 0.4) is 0 Å². The molecule has 98 valence electrons. The van der Waals surface area contributed by atoms with Crippen molar-refractivity contribution in [3.05, 3.63) is 22.4 Å². The van der Waals surface area contributed by atoms with Crippen molar-refractivity contribution in [2.75, 3.05) is 19.6 Å². The molecule has 1 aromatic heterocycles. The average molecular weight is 264 g/mol. The highest BCUT2D eigenvalue weighted by Gasteiger charge is 2.37. The number of rotatable bonds is 2. The fraction of sp³-hybridized carbons (Fsp3) is 0.643. The Morgan fingerprint density at radius 2 is 2.17 bits per heavy atom. The predicted molar refractivity (Wildman–Crippen MR) is 73.5 cm³/mol. The molecule has 1 spiro atoms. The maximum atomic E-state index is 11.2. The Balaban J connectivity index is 1.53. The van der Waals surface area contributed by atoms with Gasteiger partial charge in [0.25, 0.3) is 0 Å². The summed E-state index contributed by atoms with van der Waals surface area (Å²) in [7, 11) is 0. The second-order valence-electron chi connectivity index (χ2n) is 5.68. The number of hydrogen-bond donors (Lipinski definition) is 1. The third-order valence-electron chi connectivity index (χ3n) is 4.45. The molecule has 1 amide bonds. The molecule has 2 saturated heterocycles. The Hall–Kier alpha value is -0.870. The highest BCUT2D eigenvalue weighted by molar-refractivity contribution is 7.07. The molecule has 2 aliphatic rings. The predicted octanol–water partition coefficient (Wildman–Crippen LogP) is 2.24. The molecule has 0 unspecified atom stereocenters. The molecular weight excluding hydrogens is 244 g/mol. The van der Waals surface area contributed by atoms with E-state index in [1.54, 1.807) is 11.3 Å². The molecule has 0 radical (unpaired) electrons. The molecule has 0 saturated carbocycles. The number of nitrogens with zero attached hydrogens (tertiary/aromatic N) is 1. The highest BCUT2D eigenvalue weighted by Crippen LogP contribution is 2.37. The number of amides is 1. The van der Waals surface area contributed by atoms with Gasteiger partial charge in [-0.1, -0.05) is 0 Å². The molecule has 0 aromatic carbocycles. The number of carbonyl (C=O) groups is 1. The van der Waals surface area contributed by atoms with E-state index in [9.17, 15) is 4.79 Å². The molecule has 4 heteroatoms. The van der Waals surface area contributed by atoms with Crippen LogP contribution >= 0.6 is 11.3 Å². The molecule has 0 atom stereocenters. The topological polar surface area (TPSA) is 32.3 Å². The molecule has 2 aliphatic heterocycles. The van der Waals surface area contributed by atoms with Crippen LogP contribution in [0.2, 0.25) is 0 Å². The molecular formula is C14H20N2OS. The summed E-state index contributed by atoms with van der Waals surface area (Å²) in [6, 6.07) is 2.22. The summed E-state index contributed by atoms with van der Waals surface area (Å²) in [5.41, 5.74) is 1.84. The van der Waals surface area contributed by atoms with E-state index >= 15 is 0 Å². The van der Waals surface area contributed by atoms with Gasteiger partial charge in [0.1, 0.15) is 0 Å². The summed E-state index contributed by atoms with van der Waals surface area (Å²) < 4.78 is 0. The van der Waals surface area contributed by atoms with Crippen molar-refractivity contribution >= 4 is 17.2 Å². The molecule has 1 N–H and O–H groups in total. The largest absolute Gasteiger partial charge is 0.356 e.